The zero-order valence-electron chi connectivity index (χ0n) is 21.2. The lowest BCUT2D eigenvalue weighted by atomic mass is 9.95. The molecule has 3 amide bonds. The lowest BCUT2D eigenvalue weighted by Crippen LogP contribution is -2.51. The van der Waals surface area contributed by atoms with Crippen molar-refractivity contribution < 1.29 is 24.7 Å². The van der Waals surface area contributed by atoms with Crippen LogP contribution in [-0.4, -0.2) is 52.8 Å². The van der Waals surface area contributed by atoms with E-state index in [0.717, 1.165) is 18.4 Å². The highest BCUT2D eigenvalue weighted by molar-refractivity contribution is 5.97. The minimum Gasteiger partial charge on any atom is -0.391 e. The lowest BCUT2D eigenvalue weighted by molar-refractivity contribution is -0.133. The largest absolute Gasteiger partial charge is 0.391 e. The second-order valence-corrected chi connectivity index (χ2v) is 9.09. The van der Waals surface area contributed by atoms with Crippen LogP contribution in [0.15, 0.2) is 48.5 Å². The van der Waals surface area contributed by atoms with Crippen molar-refractivity contribution >= 4 is 23.4 Å². The predicted octanol–water partition coefficient (Wildman–Crippen LogP) is 1.94. The van der Waals surface area contributed by atoms with Gasteiger partial charge in [-0.15, -0.1) is 0 Å². The summed E-state index contributed by atoms with van der Waals surface area (Å²) in [4.78, 5) is 36.1. The second kappa shape index (κ2) is 14.6. The van der Waals surface area contributed by atoms with Crippen LogP contribution < -0.4 is 21.4 Å². The fraction of sp³-hybridized carbons (Fsp3) is 0.345. The first-order chi connectivity index (χ1) is 18.4. The van der Waals surface area contributed by atoms with Gasteiger partial charge in [0.25, 0.3) is 11.8 Å². The van der Waals surface area contributed by atoms with Crippen LogP contribution in [0.5, 0.6) is 0 Å². The molecule has 9 heteroatoms. The van der Waals surface area contributed by atoms with Crippen LogP contribution in [-0.2, 0) is 9.59 Å². The average molecular weight is 517 g/mol. The summed E-state index contributed by atoms with van der Waals surface area (Å²) in [5, 5.41) is 26.9. The van der Waals surface area contributed by atoms with Gasteiger partial charge < -0.3 is 21.1 Å². The Balaban J connectivity index is 1.48. The molecule has 2 aromatic carbocycles. The standard InChI is InChI=1S/C29H32N4O5/c1-20(34)27(29(37)33-38)32-28(36)23-15-11-21(12-16-23)7-5-6-8-22-13-17-25(18-14-22)31-26(35)19-30-24-9-3-2-4-10-24/h11-18,20,24,27,30,34,38H,2-4,9-10,19H2,1H3,(H,31,35)(H,32,36)(H,33,37). The first kappa shape index (κ1) is 28.4. The normalized spacial score (nSPS) is 14.5. The maximum absolute atomic E-state index is 12.3. The number of carbonyl (C=O) groups excluding carboxylic acids is 3. The molecule has 38 heavy (non-hydrogen) atoms. The number of nitrogens with one attached hydrogen (secondary N) is 4. The van der Waals surface area contributed by atoms with E-state index in [0.29, 0.717) is 23.8 Å². The van der Waals surface area contributed by atoms with Crippen LogP contribution in [0.25, 0.3) is 0 Å². The van der Waals surface area contributed by atoms with Crippen LogP contribution in [0.3, 0.4) is 0 Å². The number of amides is 3. The highest BCUT2D eigenvalue weighted by Gasteiger charge is 2.25. The van der Waals surface area contributed by atoms with Gasteiger partial charge in [0.15, 0.2) is 0 Å². The maximum atomic E-state index is 12.3. The highest BCUT2D eigenvalue weighted by Crippen LogP contribution is 2.17. The number of aliphatic hydroxyl groups excluding tert-OH is 1. The number of aliphatic hydroxyl groups is 1. The van der Waals surface area contributed by atoms with E-state index in [1.54, 1.807) is 24.3 Å². The molecule has 0 saturated heterocycles. The molecule has 9 nitrogen and oxygen atoms in total. The van der Waals surface area contributed by atoms with Gasteiger partial charge in [0.1, 0.15) is 6.04 Å². The molecule has 0 aromatic heterocycles. The fourth-order valence-corrected chi connectivity index (χ4v) is 4.00. The van der Waals surface area contributed by atoms with E-state index in [4.69, 9.17) is 5.21 Å². The van der Waals surface area contributed by atoms with Crippen molar-refractivity contribution in [2.75, 3.05) is 11.9 Å². The first-order valence-electron chi connectivity index (χ1n) is 12.5. The van der Waals surface area contributed by atoms with Gasteiger partial charge in [0.05, 0.1) is 12.6 Å². The fourth-order valence-electron chi connectivity index (χ4n) is 4.00. The van der Waals surface area contributed by atoms with Crippen molar-refractivity contribution in [3.8, 4) is 23.7 Å². The van der Waals surface area contributed by atoms with Gasteiger partial charge in [-0.05, 0) is 80.1 Å². The molecule has 3 rings (SSSR count). The summed E-state index contributed by atoms with van der Waals surface area (Å²) in [5.74, 6) is 9.80. The molecule has 0 bridgehead atoms. The zero-order valence-corrected chi connectivity index (χ0v) is 21.2. The molecule has 0 aliphatic heterocycles. The Morgan fingerprint density at radius 3 is 2.05 bits per heavy atom. The van der Waals surface area contributed by atoms with Gasteiger partial charge in [-0.25, -0.2) is 5.48 Å². The molecule has 0 spiro atoms. The Labute approximate surface area is 222 Å². The molecular formula is C29H32N4O5. The molecule has 0 heterocycles. The number of rotatable bonds is 8. The van der Waals surface area contributed by atoms with E-state index >= 15 is 0 Å². The van der Waals surface area contributed by atoms with Crippen LogP contribution in [0.2, 0.25) is 0 Å². The Bertz CT molecular complexity index is 1230. The van der Waals surface area contributed by atoms with Crippen molar-refractivity contribution in [2.24, 2.45) is 0 Å². The molecule has 2 atom stereocenters. The maximum Gasteiger partial charge on any atom is 0.268 e. The van der Waals surface area contributed by atoms with E-state index in [1.807, 2.05) is 12.1 Å². The quantitative estimate of drug-likeness (QED) is 0.180. The number of hydroxylamine groups is 1. The summed E-state index contributed by atoms with van der Waals surface area (Å²) < 4.78 is 0. The number of hydrogen-bond acceptors (Lipinski definition) is 6. The molecule has 198 valence electrons. The number of carbonyl (C=O) groups is 3. The SMILES string of the molecule is CC(O)C(NC(=O)c1ccc(C#CC#Cc2ccc(NC(=O)CNC3CCCCC3)cc2)cc1)C(=O)NO. The van der Waals surface area contributed by atoms with Crippen molar-refractivity contribution in [3.05, 3.63) is 65.2 Å². The molecule has 1 saturated carbocycles. The van der Waals surface area contributed by atoms with Gasteiger partial charge in [0.2, 0.25) is 5.91 Å². The summed E-state index contributed by atoms with van der Waals surface area (Å²) in [6.45, 7) is 1.62. The third-order valence-corrected chi connectivity index (χ3v) is 6.11. The van der Waals surface area contributed by atoms with Crippen LogP contribution in [0, 0.1) is 23.7 Å². The van der Waals surface area contributed by atoms with E-state index in [1.165, 1.54) is 43.8 Å². The van der Waals surface area contributed by atoms with Crippen LogP contribution >= 0.6 is 0 Å². The van der Waals surface area contributed by atoms with Gasteiger partial charge >= 0.3 is 0 Å². The topological polar surface area (TPSA) is 140 Å². The Morgan fingerprint density at radius 1 is 0.921 bits per heavy atom. The van der Waals surface area contributed by atoms with E-state index in [2.05, 4.69) is 39.6 Å². The summed E-state index contributed by atoms with van der Waals surface area (Å²) in [6, 6.07) is 12.7. The van der Waals surface area contributed by atoms with E-state index in [-0.39, 0.29) is 11.5 Å². The van der Waals surface area contributed by atoms with Crippen molar-refractivity contribution in [3.63, 3.8) is 0 Å². The van der Waals surface area contributed by atoms with Gasteiger partial charge in [0, 0.05) is 28.4 Å². The van der Waals surface area contributed by atoms with Crippen molar-refractivity contribution in [2.45, 2.75) is 57.2 Å². The minimum absolute atomic E-state index is 0.0674. The monoisotopic (exact) mass is 516 g/mol. The lowest BCUT2D eigenvalue weighted by Gasteiger charge is -2.22. The smallest absolute Gasteiger partial charge is 0.268 e. The Kier molecular flexibility index (Phi) is 10.9. The summed E-state index contributed by atoms with van der Waals surface area (Å²) in [6.07, 6.45) is 4.78. The van der Waals surface area contributed by atoms with Gasteiger partial charge in [-0.3, -0.25) is 19.6 Å². The van der Waals surface area contributed by atoms with Gasteiger partial charge in [-0.1, -0.05) is 31.1 Å². The van der Waals surface area contributed by atoms with Gasteiger partial charge in [-0.2, -0.15) is 0 Å². The number of anilines is 1. The molecule has 2 unspecified atom stereocenters. The molecule has 6 N–H and O–H groups in total. The zero-order chi connectivity index (χ0) is 27.3. The average Bonchev–Trinajstić information content (AvgIpc) is 2.94. The summed E-state index contributed by atoms with van der Waals surface area (Å²) in [7, 11) is 0. The minimum atomic E-state index is -1.30. The third-order valence-electron chi connectivity index (χ3n) is 6.11. The van der Waals surface area contributed by atoms with Crippen molar-refractivity contribution in [1.82, 2.24) is 16.1 Å². The molecule has 1 aliphatic rings. The molecule has 1 aliphatic carbocycles. The van der Waals surface area contributed by atoms with E-state index < -0.39 is 24.0 Å². The number of hydrogen-bond donors (Lipinski definition) is 6. The van der Waals surface area contributed by atoms with E-state index in [9.17, 15) is 19.5 Å². The number of benzene rings is 2. The molecular weight excluding hydrogens is 484 g/mol. The molecule has 0 radical (unpaired) electrons. The van der Waals surface area contributed by atoms with Crippen LogP contribution in [0.4, 0.5) is 5.69 Å². The Morgan fingerprint density at radius 2 is 1.50 bits per heavy atom. The summed E-state index contributed by atoms with van der Waals surface area (Å²) in [5.41, 5.74) is 3.77. The molecule has 1 fully saturated rings. The second-order valence-electron chi connectivity index (χ2n) is 9.09. The highest BCUT2D eigenvalue weighted by atomic mass is 16.5. The van der Waals surface area contributed by atoms with Crippen molar-refractivity contribution in [1.29, 1.82) is 0 Å². The van der Waals surface area contributed by atoms with Crippen LogP contribution in [0.1, 0.15) is 60.5 Å². The summed E-state index contributed by atoms with van der Waals surface area (Å²) >= 11 is 0. The first-order valence-corrected chi connectivity index (χ1v) is 12.5. The Hall–Kier alpha value is -4.15. The third kappa shape index (κ3) is 9.06. The molecule has 2 aromatic rings. The predicted molar refractivity (Wildman–Crippen MR) is 143 cm³/mol.